The van der Waals surface area contributed by atoms with Crippen LogP contribution in [0.2, 0.25) is 0 Å². The smallest absolute Gasteiger partial charge is 0.274 e. The Morgan fingerprint density at radius 2 is 1.96 bits per heavy atom. The van der Waals surface area contributed by atoms with Crippen molar-refractivity contribution >= 4 is 5.91 Å². The SMILES string of the molecule is C[C@@H]1CCCCN1C(=O)c1nn(-c2ccccc2)c2c1CCC2. The lowest BCUT2D eigenvalue weighted by molar-refractivity contribution is 0.0628. The molecule has 1 fully saturated rings. The molecule has 1 aliphatic carbocycles. The Kier molecular flexibility index (Phi) is 3.68. The van der Waals surface area contributed by atoms with Gasteiger partial charge in [0, 0.05) is 23.8 Å². The van der Waals surface area contributed by atoms with Gasteiger partial charge < -0.3 is 4.90 Å². The molecule has 0 spiro atoms. The van der Waals surface area contributed by atoms with E-state index in [2.05, 4.69) is 19.1 Å². The number of amides is 1. The third-order valence-corrected chi connectivity index (χ3v) is 5.20. The lowest BCUT2D eigenvalue weighted by Crippen LogP contribution is -2.42. The number of benzene rings is 1. The van der Waals surface area contributed by atoms with Crippen LogP contribution in [0, 0.1) is 0 Å². The van der Waals surface area contributed by atoms with Gasteiger partial charge in [-0.05, 0) is 57.6 Å². The van der Waals surface area contributed by atoms with E-state index in [9.17, 15) is 4.79 Å². The van der Waals surface area contributed by atoms with E-state index >= 15 is 0 Å². The minimum Gasteiger partial charge on any atom is -0.335 e. The first kappa shape index (κ1) is 14.5. The molecule has 1 aromatic heterocycles. The van der Waals surface area contributed by atoms with Crippen molar-refractivity contribution in [1.29, 1.82) is 0 Å². The van der Waals surface area contributed by atoms with Crippen molar-refractivity contribution in [2.45, 2.75) is 51.5 Å². The summed E-state index contributed by atoms with van der Waals surface area (Å²) in [4.78, 5) is 15.1. The fourth-order valence-electron chi connectivity index (χ4n) is 3.93. The highest BCUT2D eigenvalue weighted by Crippen LogP contribution is 2.29. The van der Waals surface area contributed by atoms with Gasteiger partial charge in [-0.15, -0.1) is 0 Å². The van der Waals surface area contributed by atoms with Gasteiger partial charge in [0.25, 0.3) is 5.91 Å². The molecule has 120 valence electrons. The molecule has 0 unspecified atom stereocenters. The summed E-state index contributed by atoms with van der Waals surface area (Å²) in [5, 5.41) is 4.74. The van der Waals surface area contributed by atoms with Crippen molar-refractivity contribution in [1.82, 2.24) is 14.7 Å². The molecule has 0 saturated carbocycles. The summed E-state index contributed by atoms with van der Waals surface area (Å²) in [6.07, 6.45) is 6.55. The van der Waals surface area contributed by atoms with E-state index in [0.717, 1.165) is 44.3 Å². The second-order valence-electron chi connectivity index (χ2n) is 6.72. The highest BCUT2D eigenvalue weighted by Gasteiger charge is 2.32. The summed E-state index contributed by atoms with van der Waals surface area (Å²) in [7, 11) is 0. The van der Waals surface area contributed by atoms with Crippen LogP contribution in [0.3, 0.4) is 0 Å². The van der Waals surface area contributed by atoms with Crippen LogP contribution < -0.4 is 0 Å². The number of nitrogens with zero attached hydrogens (tertiary/aromatic N) is 3. The molecule has 2 aromatic rings. The predicted molar refractivity (Wildman–Crippen MR) is 89.9 cm³/mol. The number of hydrogen-bond acceptors (Lipinski definition) is 2. The van der Waals surface area contributed by atoms with E-state index < -0.39 is 0 Å². The number of carbonyl (C=O) groups excluding carboxylic acids is 1. The van der Waals surface area contributed by atoms with Crippen molar-refractivity contribution in [3.05, 3.63) is 47.3 Å². The maximum atomic E-state index is 13.1. The molecular formula is C19H23N3O. The number of carbonyl (C=O) groups is 1. The topological polar surface area (TPSA) is 38.1 Å². The molecule has 2 heterocycles. The molecule has 4 nitrogen and oxygen atoms in total. The van der Waals surface area contributed by atoms with Crippen LogP contribution in [-0.4, -0.2) is 33.2 Å². The molecule has 1 saturated heterocycles. The first-order valence-corrected chi connectivity index (χ1v) is 8.73. The summed E-state index contributed by atoms with van der Waals surface area (Å²) in [5.74, 6) is 0.130. The lowest BCUT2D eigenvalue weighted by Gasteiger charge is -2.33. The summed E-state index contributed by atoms with van der Waals surface area (Å²) < 4.78 is 1.99. The molecule has 1 atom stereocenters. The van der Waals surface area contributed by atoms with Gasteiger partial charge in [0.1, 0.15) is 0 Å². The summed E-state index contributed by atoms with van der Waals surface area (Å²) in [6.45, 7) is 3.03. The van der Waals surface area contributed by atoms with Gasteiger partial charge in [-0.2, -0.15) is 5.10 Å². The number of piperidine rings is 1. The Bertz CT molecular complexity index is 720. The summed E-state index contributed by atoms with van der Waals surface area (Å²) in [6, 6.07) is 10.5. The molecule has 2 aliphatic rings. The minimum absolute atomic E-state index is 0.130. The Labute approximate surface area is 137 Å². The van der Waals surface area contributed by atoms with E-state index in [0.29, 0.717) is 11.7 Å². The average molecular weight is 309 g/mol. The van der Waals surface area contributed by atoms with Crippen LogP contribution in [0.1, 0.15) is 54.4 Å². The zero-order valence-corrected chi connectivity index (χ0v) is 13.7. The number of rotatable bonds is 2. The summed E-state index contributed by atoms with van der Waals surface area (Å²) in [5.41, 5.74) is 4.15. The Hall–Kier alpha value is -2.10. The van der Waals surface area contributed by atoms with Crippen LogP contribution in [0.5, 0.6) is 0 Å². The third-order valence-electron chi connectivity index (χ3n) is 5.20. The quantitative estimate of drug-likeness (QED) is 0.853. The summed E-state index contributed by atoms with van der Waals surface area (Å²) >= 11 is 0. The molecule has 0 radical (unpaired) electrons. The monoisotopic (exact) mass is 309 g/mol. The van der Waals surface area contributed by atoms with Crippen molar-refractivity contribution in [3.8, 4) is 5.69 Å². The Morgan fingerprint density at radius 1 is 1.13 bits per heavy atom. The van der Waals surface area contributed by atoms with Crippen LogP contribution in [0.25, 0.3) is 5.69 Å². The van der Waals surface area contributed by atoms with Crippen LogP contribution in [0.15, 0.2) is 30.3 Å². The molecule has 0 N–H and O–H groups in total. The highest BCUT2D eigenvalue weighted by atomic mass is 16.2. The zero-order valence-electron chi connectivity index (χ0n) is 13.7. The average Bonchev–Trinajstić information content (AvgIpc) is 3.18. The zero-order chi connectivity index (χ0) is 15.8. The predicted octanol–water partition coefficient (Wildman–Crippen LogP) is 3.38. The van der Waals surface area contributed by atoms with Gasteiger partial charge >= 0.3 is 0 Å². The van der Waals surface area contributed by atoms with Gasteiger partial charge in [0.15, 0.2) is 5.69 Å². The first-order valence-electron chi connectivity index (χ1n) is 8.73. The molecule has 4 rings (SSSR count). The van der Waals surface area contributed by atoms with Crippen LogP contribution in [0.4, 0.5) is 0 Å². The van der Waals surface area contributed by atoms with Crippen LogP contribution in [-0.2, 0) is 12.8 Å². The second-order valence-corrected chi connectivity index (χ2v) is 6.72. The Morgan fingerprint density at radius 3 is 2.74 bits per heavy atom. The van der Waals surface area contributed by atoms with E-state index in [-0.39, 0.29) is 5.91 Å². The number of likely N-dealkylation sites (tertiary alicyclic amines) is 1. The van der Waals surface area contributed by atoms with Crippen molar-refractivity contribution < 1.29 is 4.79 Å². The molecule has 1 aliphatic heterocycles. The largest absolute Gasteiger partial charge is 0.335 e. The number of fused-ring (bicyclic) bond motifs is 1. The van der Waals surface area contributed by atoms with E-state index in [1.807, 2.05) is 27.8 Å². The molecule has 1 amide bonds. The number of para-hydroxylation sites is 1. The van der Waals surface area contributed by atoms with E-state index in [1.54, 1.807) is 0 Å². The van der Waals surface area contributed by atoms with Gasteiger partial charge in [0.2, 0.25) is 0 Å². The number of aromatic nitrogens is 2. The van der Waals surface area contributed by atoms with Gasteiger partial charge in [-0.3, -0.25) is 4.79 Å². The molecule has 1 aromatic carbocycles. The molecule has 4 heteroatoms. The number of hydrogen-bond donors (Lipinski definition) is 0. The maximum Gasteiger partial charge on any atom is 0.274 e. The molecular weight excluding hydrogens is 286 g/mol. The van der Waals surface area contributed by atoms with Gasteiger partial charge in [0.05, 0.1) is 5.69 Å². The fraction of sp³-hybridized carbons (Fsp3) is 0.474. The Balaban J connectivity index is 1.74. The van der Waals surface area contributed by atoms with E-state index in [1.165, 1.54) is 17.7 Å². The first-order chi connectivity index (χ1) is 11.3. The van der Waals surface area contributed by atoms with Crippen molar-refractivity contribution in [2.75, 3.05) is 6.54 Å². The highest BCUT2D eigenvalue weighted by molar-refractivity contribution is 5.94. The van der Waals surface area contributed by atoms with Gasteiger partial charge in [-0.1, -0.05) is 18.2 Å². The minimum atomic E-state index is 0.130. The molecule has 0 bridgehead atoms. The third kappa shape index (κ3) is 2.46. The standard InChI is InChI=1S/C19H23N3O/c1-14-8-5-6-13-21(14)19(23)18-16-11-7-12-17(16)22(20-18)15-9-3-2-4-10-15/h2-4,9-10,14H,5-8,11-13H2,1H3/t14-/m1/s1. The van der Waals surface area contributed by atoms with Crippen molar-refractivity contribution in [2.24, 2.45) is 0 Å². The fourth-order valence-corrected chi connectivity index (χ4v) is 3.93. The molecule has 23 heavy (non-hydrogen) atoms. The van der Waals surface area contributed by atoms with Crippen LogP contribution >= 0.6 is 0 Å². The normalized spacial score (nSPS) is 20.6. The second kappa shape index (κ2) is 5.84. The van der Waals surface area contributed by atoms with Crippen molar-refractivity contribution in [3.63, 3.8) is 0 Å². The van der Waals surface area contributed by atoms with E-state index in [4.69, 9.17) is 5.10 Å². The lowest BCUT2D eigenvalue weighted by atomic mass is 10.0. The maximum absolute atomic E-state index is 13.1. The van der Waals surface area contributed by atoms with Gasteiger partial charge in [-0.25, -0.2) is 4.68 Å².